The summed E-state index contributed by atoms with van der Waals surface area (Å²) in [5.74, 6) is -0.370. The Hall–Kier alpha value is -1.69. The second-order valence-corrected chi connectivity index (χ2v) is 4.76. The second kappa shape index (κ2) is 5.30. The third-order valence-electron chi connectivity index (χ3n) is 3.36. The van der Waals surface area contributed by atoms with E-state index in [9.17, 15) is 4.79 Å². The van der Waals surface area contributed by atoms with Gasteiger partial charge in [0.2, 0.25) is 5.95 Å². The van der Waals surface area contributed by atoms with Gasteiger partial charge in [-0.25, -0.2) is 14.8 Å². The molecule has 0 saturated carbocycles. The predicted octanol–water partition coefficient (Wildman–Crippen LogP) is 0.705. The van der Waals surface area contributed by atoms with Crippen molar-refractivity contribution in [1.82, 2.24) is 14.9 Å². The molecule has 0 aromatic carbocycles. The summed E-state index contributed by atoms with van der Waals surface area (Å²) >= 11 is 0. The van der Waals surface area contributed by atoms with E-state index >= 15 is 0 Å². The molecule has 0 bridgehead atoms. The van der Waals surface area contributed by atoms with E-state index in [-0.39, 0.29) is 5.56 Å². The average Bonchev–Trinajstić information content (AvgIpc) is 2.39. The van der Waals surface area contributed by atoms with Crippen LogP contribution in [0.4, 0.5) is 5.95 Å². The van der Waals surface area contributed by atoms with E-state index in [4.69, 9.17) is 5.11 Å². The third kappa shape index (κ3) is 2.76. The number of hydrogen-bond acceptors (Lipinski definition) is 5. The van der Waals surface area contributed by atoms with E-state index < -0.39 is 5.97 Å². The van der Waals surface area contributed by atoms with Crippen LogP contribution in [0.1, 0.15) is 23.2 Å². The molecular formula is C12H18N4O2. The summed E-state index contributed by atoms with van der Waals surface area (Å²) in [6.45, 7) is 1.82. The Labute approximate surface area is 106 Å². The number of rotatable bonds is 3. The zero-order valence-corrected chi connectivity index (χ0v) is 10.7. The van der Waals surface area contributed by atoms with Gasteiger partial charge in [-0.05, 0) is 26.9 Å². The van der Waals surface area contributed by atoms with Crippen molar-refractivity contribution in [3.8, 4) is 0 Å². The van der Waals surface area contributed by atoms with Crippen molar-refractivity contribution in [2.45, 2.75) is 18.9 Å². The van der Waals surface area contributed by atoms with E-state index in [1.165, 1.54) is 12.4 Å². The van der Waals surface area contributed by atoms with E-state index in [1.54, 1.807) is 0 Å². The fourth-order valence-electron chi connectivity index (χ4n) is 2.18. The highest BCUT2D eigenvalue weighted by Crippen LogP contribution is 2.18. The first kappa shape index (κ1) is 12.8. The van der Waals surface area contributed by atoms with Crippen molar-refractivity contribution < 1.29 is 9.90 Å². The quantitative estimate of drug-likeness (QED) is 0.852. The zero-order valence-electron chi connectivity index (χ0n) is 10.7. The molecule has 0 amide bonds. The highest BCUT2D eigenvalue weighted by atomic mass is 16.4. The minimum atomic E-state index is -0.993. The Balaban J connectivity index is 1.99. The maximum absolute atomic E-state index is 10.7. The summed E-state index contributed by atoms with van der Waals surface area (Å²) in [5.41, 5.74) is 0.127. The molecule has 1 aliphatic heterocycles. The van der Waals surface area contributed by atoms with Gasteiger partial charge in [0.1, 0.15) is 0 Å². The lowest BCUT2D eigenvalue weighted by Crippen LogP contribution is -2.42. The van der Waals surface area contributed by atoms with Crippen molar-refractivity contribution >= 4 is 11.9 Å². The molecule has 0 aliphatic carbocycles. The third-order valence-corrected chi connectivity index (χ3v) is 3.36. The molecule has 1 fully saturated rings. The monoisotopic (exact) mass is 250 g/mol. The Bertz CT molecular complexity index is 411. The van der Waals surface area contributed by atoms with E-state index in [0.29, 0.717) is 12.0 Å². The fraction of sp³-hybridized carbons (Fsp3) is 0.583. The lowest BCUT2D eigenvalue weighted by Gasteiger charge is -2.35. The topological polar surface area (TPSA) is 69.6 Å². The van der Waals surface area contributed by atoms with E-state index in [1.807, 2.05) is 0 Å². The number of anilines is 1. The van der Waals surface area contributed by atoms with Crippen LogP contribution in [-0.2, 0) is 0 Å². The normalized spacial score (nSPS) is 17.2. The smallest absolute Gasteiger partial charge is 0.338 e. The molecule has 0 radical (unpaired) electrons. The van der Waals surface area contributed by atoms with Gasteiger partial charge in [-0.2, -0.15) is 0 Å². The van der Waals surface area contributed by atoms with Crippen LogP contribution in [0.2, 0.25) is 0 Å². The standard InChI is InChI=1S/C12H18N4O2/c1-15(2)10-3-5-16(6-4-10)12-13-7-9(8-14-12)11(17)18/h7-8,10H,3-6H2,1-2H3,(H,17,18). The molecule has 1 aromatic rings. The number of nitrogens with zero attached hydrogens (tertiary/aromatic N) is 4. The van der Waals surface area contributed by atoms with Crippen molar-refractivity contribution in [2.75, 3.05) is 32.1 Å². The van der Waals surface area contributed by atoms with E-state index in [2.05, 4.69) is 33.9 Å². The minimum absolute atomic E-state index is 0.127. The van der Waals surface area contributed by atoms with Crippen molar-refractivity contribution in [1.29, 1.82) is 0 Å². The van der Waals surface area contributed by atoms with Gasteiger partial charge in [0.05, 0.1) is 5.56 Å². The van der Waals surface area contributed by atoms with Gasteiger partial charge in [-0.3, -0.25) is 0 Å². The van der Waals surface area contributed by atoms with Crippen LogP contribution in [0.15, 0.2) is 12.4 Å². The van der Waals surface area contributed by atoms with Gasteiger partial charge in [0.15, 0.2) is 0 Å². The van der Waals surface area contributed by atoms with Crippen LogP contribution >= 0.6 is 0 Å². The fourth-order valence-corrected chi connectivity index (χ4v) is 2.18. The molecule has 0 spiro atoms. The number of hydrogen-bond donors (Lipinski definition) is 1. The van der Waals surface area contributed by atoms with Gasteiger partial charge in [-0.15, -0.1) is 0 Å². The Morgan fingerprint density at radius 1 is 1.33 bits per heavy atom. The number of carboxylic acid groups (broad SMARTS) is 1. The molecular weight excluding hydrogens is 232 g/mol. The van der Waals surface area contributed by atoms with Gasteiger partial charge >= 0.3 is 5.97 Å². The molecule has 6 nitrogen and oxygen atoms in total. The maximum atomic E-state index is 10.7. The summed E-state index contributed by atoms with van der Waals surface area (Å²) < 4.78 is 0. The van der Waals surface area contributed by atoms with Crippen LogP contribution in [0.3, 0.4) is 0 Å². The van der Waals surface area contributed by atoms with Gasteiger partial charge < -0.3 is 14.9 Å². The molecule has 1 N–H and O–H groups in total. The largest absolute Gasteiger partial charge is 0.478 e. The highest BCUT2D eigenvalue weighted by molar-refractivity contribution is 5.86. The second-order valence-electron chi connectivity index (χ2n) is 4.76. The summed E-state index contributed by atoms with van der Waals surface area (Å²) in [4.78, 5) is 23.3. The van der Waals surface area contributed by atoms with E-state index in [0.717, 1.165) is 25.9 Å². The maximum Gasteiger partial charge on any atom is 0.338 e. The Morgan fingerprint density at radius 3 is 2.33 bits per heavy atom. The number of carbonyl (C=O) groups is 1. The summed E-state index contributed by atoms with van der Waals surface area (Å²) in [6, 6.07) is 0.611. The zero-order chi connectivity index (χ0) is 13.1. The number of aromatic nitrogens is 2. The van der Waals surface area contributed by atoms with Crippen LogP contribution in [-0.4, -0.2) is 59.2 Å². The van der Waals surface area contributed by atoms with Crippen molar-refractivity contribution in [3.05, 3.63) is 18.0 Å². The summed E-state index contributed by atoms with van der Waals surface area (Å²) in [7, 11) is 4.19. The molecule has 0 unspecified atom stereocenters. The molecule has 18 heavy (non-hydrogen) atoms. The van der Waals surface area contributed by atoms with Crippen LogP contribution < -0.4 is 4.90 Å². The van der Waals surface area contributed by atoms with Crippen LogP contribution in [0.25, 0.3) is 0 Å². The van der Waals surface area contributed by atoms with Gasteiger partial charge in [-0.1, -0.05) is 0 Å². The first-order chi connectivity index (χ1) is 8.58. The van der Waals surface area contributed by atoms with Crippen molar-refractivity contribution in [2.24, 2.45) is 0 Å². The summed E-state index contributed by atoms with van der Waals surface area (Å²) in [5, 5.41) is 8.78. The Morgan fingerprint density at radius 2 is 1.89 bits per heavy atom. The molecule has 2 heterocycles. The SMILES string of the molecule is CN(C)C1CCN(c2ncc(C(=O)O)cn2)CC1. The minimum Gasteiger partial charge on any atom is -0.478 e. The molecule has 1 aliphatic rings. The van der Waals surface area contributed by atoms with Crippen molar-refractivity contribution in [3.63, 3.8) is 0 Å². The van der Waals surface area contributed by atoms with Crippen LogP contribution in [0, 0.1) is 0 Å². The first-order valence-corrected chi connectivity index (χ1v) is 6.04. The van der Waals surface area contributed by atoms with Crippen LogP contribution in [0.5, 0.6) is 0 Å². The number of piperidine rings is 1. The van der Waals surface area contributed by atoms with Gasteiger partial charge in [0.25, 0.3) is 0 Å². The number of aromatic carboxylic acids is 1. The molecule has 1 saturated heterocycles. The highest BCUT2D eigenvalue weighted by Gasteiger charge is 2.22. The molecule has 6 heteroatoms. The lowest BCUT2D eigenvalue weighted by molar-refractivity contribution is 0.0696. The number of carboxylic acids is 1. The van der Waals surface area contributed by atoms with Gasteiger partial charge in [0, 0.05) is 31.5 Å². The lowest BCUT2D eigenvalue weighted by atomic mass is 10.0. The molecule has 2 rings (SSSR count). The summed E-state index contributed by atoms with van der Waals surface area (Å²) in [6.07, 6.45) is 4.89. The Kier molecular flexibility index (Phi) is 3.76. The average molecular weight is 250 g/mol. The molecule has 1 aromatic heterocycles. The first-order valence-electron chi connectivity index (χ1n) is 6.04. The predicted molar refractivity (Wildman–Crippen MR) is 67.9 cm³/mol. The molecule has 98 valence electrons. The molecule has 0 atom stereocenters.